The number of benzene rings is 7. The lowest BCUT2D eigenvalue weighted by molar-refractivity contribution is -0.138. The number of esters is 6. The molecule has 0 amide bonds. The van der Waals surface area contributed by atoms with Crippen molar-refractivity contribution in [2.45, 2.75) is 77.0 Å². The fourth-order valence-corrected chi connectivity index (χ4v) is 9.98. The molecule has 0 aliphatic rings. The third kappa shape index (κ3) is 18.9. The van der Waals surface area contributed by atoms with Gasteiger partial charge in [0.1, 0.15) is 34.5 Å². The summed E-state index contributed by atoms with van der Waals surface area (Å²) in [7, 11) is 0. The van der Waals surface area contributed by atoms with Crippen molar-refractivity contribution in [1.29, 1.82) is 0 Å². The topological polar surface area (TPSA) is 185 Å². The van der Waals surface area contributed by atoms with Crippen LogP contribution in [0.2, 0.25) is 0 Å². The molecule has 0 saturated heterocycles. The van der Waals surface area contributed by atoms with Crippen LogP contribution in [0.5, 0.6) is 34.5 Å². The molecule has 0 heterocycles. The molecule has 0 aliphatic carbocycles. The molecule has 0 atom stereocenters. The molecule has 0 unspecified atom stereocenters. The fraction of sp³-hybridized carbons (Fsp3) is 0.273. The van der Waals surface area contributed by atoms with Crippen molar-refractivity contribution in [2.24, 2.45) is 0 Å². The Balaban J connectivity index is 1.08. The van der Waals surface area contributed by atoms with E-state index >= 15 is 0 Å². The van der Waals surface area contributed by atoms with Gasteiger partial charge in [-0.05, 0) is 266 Å². The Labute approximate surface area is 512 Å². The molecule has 0 N–H and O–H groups in total. The number of carbonyl (C=O) groups excluding carboxylic acids is 6. The number of halogens is 3. The number of fused-ring (bicyclic) bond motifs is 6. The predicted octanol–water partition coefficient (Wildman–Crippen LogP) is 16.1. The average molecular weight is 1340 g/mol. The van der Waals surface area contributed by atoms with E-state index in [2.05, 4.69) is 67.5 Å². The fourth-order valence-electron chi connectivity index (χ4n) is 8.71. The lowest BCUT2D eigenvalue weighted by Gasteiger charge is -2.17. The van der Waals surface area contributed by atoms with Crippen LogP contribution in [0, 0.1) is 0 Å². The maximum atomic E-state index is 13.8. The highest BCUT2D eigenvalue weighted by atomic mass is 79.9. The minimum atomic E-state index is -0.605. The first-order valence-corrected chi connectivity index (χ1v) is 29.9. The van der Waals surface area contributed by atoms with Gasteiger partial charge in [-0.25, -0.2) is 28.8 Å². The smallest absolute Gasteiger partial charge is 0.343 e. The van der Waals surface area contributed by atoms with Crippen LogP contribution >= 0.6 is 47.8 Å². The zero-order valence-corrected chi connectivity index (χ0v) is 51.0. The quantitative estimate of drug-likeness (QED) is 0.00944. The Morgan fingerprint density at radius 2 is 0.548 bits per heavy atom. The summed E-state index contributed by atoms with van der Waals surface area (Å²) in [6.45, 7) is 12.7. The number of carbonyl (C=O) groups is 6. The summed E-state index contributed by atoms with van der Waals surface area (Å²) < 4.78 is 52.4. The normalized spacial score (nSPS) is 10.9. The van der Waals surface area contributed by atoms with Crippen molar-refractivity contribution in [3.8, 4) is 34.5 Å². The number of ether oxygens (including phenoxy) is 9. The molecule has 7 aromatic rings. The van der Waals surface area contributed by atoms with Gasteiger partial charge >= 0.3 is 35.8 Å². The third-order valence-electron chi connectivity index (χ3n) is 13.1. The van der Waals surface area contributed by atoms with Gasteiger partial charge in [-0.1, -0.05) is 19.7 Å². The van der Waals surface area contributed by atoms with E-state index in [9.17, 15) is 28.8 Å². The van der Waals surface area contributed by atoms with E-state index in [1.165, 1.54) is 0 Å². The molecule has 18 heteroatoms. The first-order chi connectivity index (χ1) is 40.7. The SMILES string of the molecule is C=CC(=O)OCCCCCCOc1ccc(C(=O)Oc2cc3c(cc2Br)c2cc(OC(=O)c4ccc(OCCCCCCOC(=O)C=C)cc4)c(Br)cc2c2cc(OC(=O)c4ccc(OCCCCCCOC(=O)C=C)cc4)c(Br)cc32)cc1. The summed E-state index contributed by atoms with van der Waals surface area (Å²) in [6.07, 6.45) is 13.4. The van der Waals surface area contributed by atoms with E-state index in [0.717, 1.165) is 111 Å². The summed E-state index contributed by atoms with van der Waals surface area (Å²) in [6, 6.07) is 30.8. The molecule has 7 aromatic carbocycles. The van der Waals surface area contributed by atoms with E-state index in [0.29, 0.717) is 103 Å². The first kappa shape index (κ1) is 63.8. The van der Waals surface area contributed by atoms with E-state index in [4.69, 9.17) is 42.6 Å². The van der Waals surface area contributed by atoms with E-state index < -0.39 is 35.8 Å². The van der Waals surface area contributed by atoms with Crippen LogP contribution in [0.4, 0.5) is 0 Å². The van der Waals surface area contributed by atoms with Crippen LogP contribution in [0.25, 0.3) is 32.3 Å². The lowest BCUT2D eigenvalue weighted by atomic mass is 9.94. The van der Waals surface area contributed by atoms with Crippen LogP contribution in [0.3, 0.4) is 0 Å². The summed E-state index contributed by atoms with van der Waals surface area (Å²) in [4.78, 5) is 75.0. The van der Waals surface area contributed by atoms with Gasteiger partial charge < -0.3 is 42.6 Å². The summed E-state index contributed by atoms with van der Waals surface area (Å²) in [5.41, 5.74) is 0.888. The number of hydrogen-bond acceptors (Lipinski definition) is 15. The minimum Gasteiger partial charge on any atom is -0.494 e. The summed E-state index contributed by atoms with van der Waals surface area (Å²) in [5, 5.41) is 4.14. The third-order valence-corrected chi connectivity index (χ3v) is 15.0. The molecule has 84 heavy (non-hydrogen) atoms. The van der Waals surface area contributed by atoms with Gasteiger partial charge in [-0.15, -0.1) is 0 Å². The Kier molecular flexibility index (Phi) is 25.0. The Hall–Kier alpha value is -7.80. The monoisotopic (exact) mass is 1330 g/mol. The molecule has 15 nitrogen and oxygen atoms in total. The second kappa shape index (κ2) is 32.9. The van der Waals surface area contributed by atoms with Crippen molar-refractivity contribution >= 4 is 116 Å². The highest BCUT2D eigenvalue weighted by molar-refractivity contribution is 9.11. The van der Waals surface area contributed by atoms with Crippen molar-refractivity contribution in [3.05, 3.63) is 177 Å². The highest BCUT2D eigenvalue weighted by Crippen LogP contribution is 2.46. The second-order valence-corrected chi connectivity index (χ2v) is 21.7. The molecular formula is C66H63Br3O15. The molecule has 7 rings (SSSR count). The van der Waals surface area contributed by atoms with Crippen molar-refractivity contribution in [1.82, 2.24) is 0 Å². The predicted molar refractivity (Wildman–Crippen MR) is 332 cm³/mol. The zero-order chi connectivity index (χ0) is 59.8. The van der Waals surface area contributed by atoms with Gasteiger partial charge in [0.25, 0.3) is 0 Å². The average Bonchev–Trinajstić information content (AvgIpc) is 1.44. The lowest BCUT2D eigenvalue weighted by Crippen LogP contribution is -2.09. The van der Waals surface area contributed by atoms with E-state index in [-0.39, 0.29) is 17.2 Å². The van der Waals surface area contributed by atoms with Gasteiger partial charge in [0.2, 0.25) is 0 Å². The van der Waals surface area contributed by atoms with Gasteiger partial charge in [0.05, 0.1) is 69.7 Å². The largest absolute Gasteiger partial charge is 0.494 e. The number of unbranched alkanes of at least 4 members (excludes halogenated alkanes) is 9. The molecular weight excluding hydrogens is 1270 g/mol. The van der Waals surface area contributed by atoms with Crippen molar-refractivity contribution in [3.63, 3.8) is 0 Å². The molecule has 0 spiro atoms. The van der Waals surface area contributed by atoms with Gasteiger partial charge in [-0.3, -0.25) is 0 Å². The van der Waals surface area contributed by atoms with Crippen LogP contribution < -0.4 is 28.4 Å². The van der Waals surface area contributed by atoms with Crippen molar-refractivity contribution in [2.75, 3.05) is 39.6 Å². The van der Waals surface area contributed by atoms with Crippen LogP contribution in [0.1, 0.15) is 108 Å². The number of rotatable bonds is 33. The van der Waals surface area contributed by atoms with Crippen LogP contribution in [-0.4, -0.2) is 75.5 Å². The summed E-state index contributed by atoms with van der Waals surface area (Å²) >= 11 is 11.0. The van der Waals surface area contributed by atoms with Crippen molar-refractivity contribution < 1.29 is 71.4 Å². The molecule has 0 aliphatic heterocycles. The highest BCUT2D eigenvalue weighted by Gasteiger charge is 2.22. The molecule has 0 saturated carbocycles. The maximum absolute atomic E-state index is 13.8. The standard InChI is InChI=1S/C66H63Br3O15/c1-4-61(70)79-34-16-10-7-13-31-76-46-25-19-43(20-26-46)64(73)82-58-40-52-49(37-55(58)67)53-41-59(83-65(74)44-21-27-47(28-22-44)77-32-14-8-11-17-35-80-62(71)5-2)57(69)39-51(53)54-42-60(56(68)38-50(52)54)84-66(75)45-23-29-48(30-24-45)78-33-15-9-12-18-36-81-63(72)6-3/h4-6,19-30,37-42H,1-3,7-18,31-36H2. The maximum Gasteiger partial charge on any atom is 0.343 e. The Morgan fingerprint density at radius 1 is 0.321 bits per heavy atom. The van der Waals surface area contributed by atoms with Gasteiger partial charge in [0.15, 0.2) is 0 Å². The molecule has 0 fully saturated rings. The molecule has 0 radical (unpaired) electrons. The van der Waals surface area contributed by atoms with E-state index in [1.807, 2.05) is 18.2 Å². The van der Waals surface area contributed by atoms with Crippen LogP contribution in [-0.2, 0) is 28.6 Å². The molecule has 0 bridgehead atoms. The van der Waals surface area contributed by atoms with Gasteiger partial charge in [-0.2, -0.15) is 0 Å². The second-order valence-electron chi connectivity index (χ2n) is 19.1. The number of hydrogen-bond donors (Lipinski definition) is 0. The van der Waals surface area contributed by atoms with Crippen LogP contribution in [0.15, 0.2) is 161 Å². The first-order valence-electron chi connectivity index (χ1n) is 27.5. The van der Waals surface area contributed by atoms with E-state index in [1.54, 1.807) is 91.0 Å². The summed E-state index contributed by atoms with van der Waals surface area (Å²) in [5.74, 6) is -0.620. The molecule has 438 valence electrons. The Morgan fingerprint density at radius 3 is 0.786 bits per heavy atom. The minimum absolute atomic E-state index is 0.232. The zero-order valence-electron chi connectivity index (χ0n) is 46.2. The molecule has 0 aromatic heterocycles. The Bertz CT molecular complexity index is 3090. The van der Waals surface area contributed by atoms with Gasteiger partial charge in [0, 0.05) is 18.2 Å².